The van der Waals surface area contributed by atoms with Crippen LogP contribution >= 0.6 is 0 Å². The Morgan fingerprint density at radius 3 is 1.48 bits per heavy atom. The van der Waals surface area contributed by atoms with Gasteiger partial charge in [0.05, 0.1) is 12.2 Å². The van der Waals surface area contributed by atoms with Crippen molar-refractivity contribution in [1.29, 1.82) is 0 Å². The van der Waals surface area contributed by atoms with Crippen molar-refractivity contribution in [1.82, 2.24) is 0 Å². The molecule has 0 saturated heterocycles. The van der Waals surface area contributed by atoms with E-state index in [-0.39, 0.29) is 12.2 Å². The zero-order valence-electron chi connectivity index (χ0n) is 18.4. The molecule has 2 unspecified atom stereocenters. The van der Waals surface area contributed by atoms with E-state index in [4.69, 9.17) is 5.73 Å². The van der Waals surface area contributed by atoms with Crippen molar-refractivity contribution in [3.05, 3.63) is 12.2 Å². The van der Waals surface area contributed by atoms with Crippen LogP contribution in [0.5, 0.6) is 0 Å². The van der Waals surface area contributed by atoms with E-state index in [2.05, 4.69) is 12.2 Å². The number of rotatable bonds is 20. The maximum Gasteiger partial charge on any atom is 0.0514 e. The second-order valence-electron chi connectivity index (χ2n) is 8.55. The van der Waals surface area contributed by atoms with Crippen LogP contribution in [0.1, 0.15) is 117 Å². The Kier molecular flexibility index (Phi) is 20.1. The predicted octanol–water partition coefficient (Wildman–Crippen LogP) is 6.12. The summed E-state index contributed by atoms with van der Waals surface area (Å²) in [7, 11) is 0. The molecule has 2 atom stereocenters. The van der Waals surface area contributed by atoms with Crippen molar-refractivity contribution in [2.45, 2.75) is 129 Å². The monoisotopic (exact) mass is 383 g/mol. The first-order chi connectivity index (χ1) is 13.1. The average molecular weight is 384 g/mol. The van der Waals surface area contributed by atoms with Crippen molar-refractivity contribution in [3.63, 3.8) is 0 Å². The number of unbranched alkanes of at least 4 members (excludes halogenated alkanes) is 11. The molecule has 0 heterocycles. The van der Waals surface area contributed by atoms with Crippen molar-refractivity contribution < 1.29 is 10.2 Å². The van der Waals surface area contributed by atoms with Crippen LogP contribution in [0.3, 0.4) is 0 Å². The lowest BCUT2D eigenvalue weighted by Gasteiger charge is -2.19. The molecular formula is C24H49NO2. The molecule has 27 heavy (non-hydrogen) atoms. The number of hydrogen-bond acceptors (Lipinski definition) is 3. The molecule has 0 rings (SSSR count). The van der Waals surface area contributed by atoms with Crippen molar-refractivity contribution in [3.8, 4) is 0 Å². The van der Waals surface area contributed by atoms with Crippen LogP contribution in [-0.2, 0) is 0 Å². The van der Waals surface area contributed by atoms with Gasteiger partial charge in [-0.15, -0.1) is 0 Å². The van der Waals surface area contributed by atoms with Crippen LogP contribution in [0.15, 0.2) is 12.2 Å². The Labute approximate surface area is 169 Å². The number of allylic oxidation sites excluding steroid dienone is 2. The predicted molar refractivity (Wildman–Crippen MR) is 119 cm³/mol. The van der Waals surface area contributed by atoms with Crippen molar-refractivity contribution in [2.75, 3.05) is 6.54 Å². The molecule has 0 spiro atoms. The van der Waals surface area contributed by atoms with Crippen LogP contribution in [0.25, 0.3) is 0 Å². The molecule has 0 radical (unpaired) electrons. The topological polar surface area (TPSA) is 66.5 Å². The summed E-state index contributed by atoms with van der Waals surface area (Å²) in [4.78, 5) is 0. The van der Waals surface area contributed by atoms with Gasteiger partial charge < -0.3 is 15.9 Å². The molecule has 162 valence electrons. The summed E-state index contributed by atoms with van der Waals surface area (Å²) in [6.45, 7) is 4.55. The van der Waals surface area contributed by atoms with E-state index < -0.39 is 0 Å². The third kappa shape index (κ3) is 21.8. The molecule has 0 amide bonds. The smallest absolute Gasteiger partial charge is 0.0514 e. The highest BCUT2D eigenvalue weighted by Gasteiger charge is 2.14. The minimum absolute atomic E-state index is 0.253. The SMILES string of the molecule is CC(O)CC(CCCCCCC/C=C\CCCCCCCCN)CC(C)O. The van der Waals surface area contributed by atoms with E-state index in [1.807, 2.05) is 13.8 Å². The molecule has 4 N–H and O–H groups in total. The van der Waals surface area contributed by atoms with E-state index in [9.17, 15) is 10.2 Å². The number of aliphatic hydroxyl groups excluding tert-OH is 2. The molecule has 3 nitrogen and oxygen atoms in total. The van der Waals surface area contributed by atoms with Gasteiger partial charge in [-0.3, -0.25) is 0 Å². The van der Waals surface area contributed by atoms with Crippen LogP contribution in [0.2, 0.25) is 0 Å². The van der Waals surface area contributed by atoms with E-state index >= 15 is 0 Å². The average Bonchev–Trinajstić information content (AvgIpc) is 2.60. The summed E-state index contributed by atoms with van der Waals surface area (Å²) in [6, 6.07) is 0. The van der Waals surface area contributed by atoms with Gasteiger partial charge in [0.1, 0.15) is 0 Å². The van der Waals surface area contributed by atoms with Crippen molar-refractivity contribution >= 4 is 0 Å². The van der Waals surface area contributed by atoms with E-state index in [1.54, 1.807) is 0 Å². The number of nitrogens with two attached hydrogens (primary N) is 1. The normalized spacial score (nSPS) is 15.3. The van der Waals surface area contributed by atoms with E-state index in [0.29, 0.717) is 5.92 Å². The first-order valence-electron chi connectivity index (χ1n) is 11.8. The van der Waals surface area contributed by atoms with Crippen LogP contribution in [0, 0.1) is 5.92 Å². The molecule has 0 aromatic rings. The minimum Gasteiger partial charge on any atom is -0.393 e. The van der Waals surface area contributed by atoms with Gasteiger partial charge in [0.25, 0.3) is 0 Å². The Hall–Kier alpha value is -0.380. The van der Waals surface area contributed by atoms with E-state index in [1.165, 1.54) is 83.5 Å². The van der Waals surface area contributed by atoms with Crippen molar-refractivity contribution in [2.24, 2.45) is 11.7 Å². The van der Waals surface area contributed by atoms with Gasteiger partial charge >= 0.3 is 0 Å². The van der Waals surface area contributed by atoms with Crippen LogP contribution in [0.4, 0.5) is 0 Å². The molecule has 0 aliphatic heterocycles. The summed E-state index contributed by atoms with van der Waals surface area (Å²) < 4.78 is 0. The van der Waals surface area contributed by atoms with Gasteiger partial charge in [0.15, 0.2) is 0 Å². The summed E-state index contributed by atoms with van der Waals surface area (Å²) in [6.07, 6.45) is 23.8. The Bertz CT molecular complexity index is 306. The standard InChI is InChI=1S/C24H49NO2/c1-22(26)20-24(21-23(2)27)18-16-14-12-10-8-6-4-3-5-7-9-11-13-15-17-19-25/h3-4,22-24,26-27H,5-21,25H2,1-2H3/b4-3-. The maximum absolute atomic E-state index is 9.58. The Morgan fingerprint density at radius 2 is 1.04 bits per heavy atom. The van der Waals surface area contributed by atoms with Crippen LogP contribution in [-0.4, -0.2) is 29.0 Å². The first-order valence-corrected chi connectivity index (χ1v) is 11.8. The molecule has 0 saturated carbocycles. The molecule has 0 aromatic carbocycles. The molecule has 0 aliphatic rings. The third-order valence-corrected chi connectivity index (χ3v) is 5.32. The quantitative estimate of drug-likeness (QED) is 0.175. The fraction of sp³-hybridized carbons (Fsp3) is 0.917. The van der Waals surface area contributed by atoms with Gasteiger partial charge in [0, 0.05) is 0 Å². The Balaban J connectivity index is 3.40. The highest BCUT2D eigenvalue weighted by Crippen LogP contribution is 2.21. The van der Waals surface area contributed by atoms with Gasteiger partial charge in [-0.25, -0.2) is 0 Å². The zero-order chi connectivity index (χ0) is 20.2. The lowest BCUT2D eigenvalue weighted by atomic mass is 9.90. The lowest BCUT2D eigenvalue weighted by Crippen LogP contribution is -2.15. The summed E-state index contributed by atoms with van der Waals surface area (Å²) in [5.74, 6) is 0.466. The van der Waals surface area contributed by atoms with Gasteiger partial charge in [-0.1, -0.05) is 69.9 Å². The molecular weight excluding hydrogens is 334 g/mol. The summed E-state index contributed by atoms with van der Waals surface area (Å²) in [5.41, 5.74) is 5.50. The van der Waals surface area contributed by atoms with E-state index in [0.717, 1.165) is 25.8 Å². The molecule has 0 aromatic heterocycles. The number of aliphatic hydroxyl groups is 2. The second-order valence-corrected chi connectivity index (χ2v) is 8.55. The minimum atomic E-state index is -0.253. The third-order valence-electron chi connectivity index (χ3n) is 5.32. The van der Waals surface area contributed by atoms with Gasteiger partial charge in [0.2, 0.25) is 0 Å². The molecule has 0 fully saturated rings. The first kappa shape index (κ1) is 26.6. The van der Waals surface area contributed by atoms with Crippen LogP contribution < -0.4 is 5.73 Å². The summed E-state index contributed by atoms with van der Waals surface area (Å²) >= 11 is 0. The summed E-state index contributed by atoms with van der Waals surface area (Å²) in [5, 5.41) is 19.2. The second kappa shape index (κ2) is 20.4. The fourth-order valence-corrected chi connectivity index (χ4v) is 3.87. The van der Waals surface area contributed by atoms with Gasteiger partial charge in [-0.05, 0) is 71.3 Å². The lowest BCUT2D eigenvalue weighted by molar-refractivity contribution is 0.115. The Morgan fingerprint density at radius 1 is 0.630 bits per heavy atom. The molecule has 0 aliphatic carbocycles. The largest absolute Gasteiger partial charge is 0.393 e. The highest BCUT2D eigenvalue weighted by atomic mass is 16.3. The maximum atomic E-state index is 9.58. The number of hydrogen-bond donors (Lipinski definition) is 3. The molecule has 3 heteroatoms. The van der Waals surface area contributed by atoms with Gasteiger partial charge in [-0.2, -0.15) is 0 Å². The molecule has 0 bridgehead atoms. The fourth-order valence-electron chi connectivity index (χ4n) is 3.87. The highest BCUT2D eigenvalue weighted by molar-refractivity contribution is 4.81. The zero-order valence-corrected chi connectivity index (χ0v) is 18.4.